The Kier molecular flexibility index (Phi) is 3.89. The van der Waals surface area contributed by atoms with Crippen LogP contribution in [-0.2, 0) is 0 Å². The number of anilines is 1. The minimum atomic E-state index is -0.596. The molecule has 0 atom stereocenters. The molecule has 4 rings (SSSR count). The molecule has 0 N–H and O–H groups in total. The van der Waals surface area contributed by atoms with Crippen LogP contribution in [0.2, 0.25) is 0 Å². The van der Waals surface area contributed by atoms with Crippen LogP contribution in [0, 0.1) is 10.1 Å². The molecule has 0 bridgehead atoms. The van der Waals surface area contributed by atoms with Gasteiger partial charge in [-0.15, -0.1) is 0 Å². The third kappa shape index (κ3) is 2.29. The summed E-state index contributed by atoms with van der Waals surface area (Å²) in [6, 6.07) is 12.9. The highest BCUT2D eigenvalue weighted by atomic mass is 79.9. The number of nitro benzene ring substituents is 1. The van der Waals surface area contributed by atoms with Gasteiger partial charge in [-0.2, -0.15) is 0 Å². The number of benzene rings is 3. The summed E-state index contributed by atoms with van der Waals surface area (Å²) < 4.78 is 0.821. The molecule has 128 valence electrons. The van der Waals surface area contributed by atoms with Crippen LogP contribution in [0.5, 0.6) is 0 Å². The first-order valence-corrected chi connectivity index (χ1v) is 9.03. The van der Waals surface area contributed by atoms with Crippen molar-refractivity contribution in [3.05, 3.63) is 78.7 Å². The van der Waals surface area contributed by atoms with Crippen LogP contribution in [0.1, 0.15) is 20.7 Å². The fourth-order valence-electron chi connectivity index (χ4n) is 3.10. The second kappa shape index (κ2) is 6.00. The Morgan fingerprint density at radius 2 is 1.62 bits per heavy atom. The lowest BCUT2D eigenvalue weighted by molar-refractivity contribution is -0.385. The zero-order valence-corrected chi connectivity index (χ0v) is 16.1. The van der Waals surface area contributed by atoms with Gasteiger partial charge in [0.25, 0.3) is 17.5 Å². The first-order chi connectivity index (χ1) is 12.4. The molecule has 8 heteroatoms. The van der Waals surface area contributed by atoms with Crippen molar-refractivity contribution in [2.45, 2.75) is 0 Å². The molecule has 0 aliphatic carbocycles. The first-order valence-electron chi connectivity index (χ1n) is 7.44. The Hall–Kier alpha value is -2.58. The van der Waals surface area contributed by atoms with Crippen LogP contribution >= 0.6 is 31.9 Å². The number of hydrogen-bond acceptors (Lipinski definition) is 4. The number of carbonyl (C=O) groups excluding carboxylic acids is 2. The lowest BCUT2D eigenvalue weighted by atomic mass is 9.93. The van der Waals surface area contributed by atoms with Crippen molar-refractivity contribution in [1.82, 2.24) is 0 Å². The van der Waals surface area contributed by atoms with E-state index in [2.05, 4.69) is 31.9 Å². The lowest BCUT2D eigenvalue weighted by Gasteiger charge is -2.28. The summed E-state index contributed by atoms with van der Waals surface area (Å²) in [4.78, 5) is 38.0. The molecule has 0 saturated heterocycles. The van der Waals surface area contributed by atoms with Crippen LogP contribution in [0.4, 0.5) is 11.4 Å². The van der Waals surface area contributed by atoms with E-state index in [4.69, 9.17) is 0 Å². The van der Waals surface area contributed by atoms with Gasteiger partial charge in [0.1, 0.15) is 4.47 Å². The van der Waals surface area contributed by atoms with Gasteiger partial charge in [0.05, 0.1) is 16.2 Å². The molecule has 26 heavy (non-hydrogen) atoms. The number of para-hydroxylation sites is 1. The largest absolute Gasteiger partial charge is 0.284 e. The average molecular weight is 476 g/mol. The quantitative estimate of drug-likeness (QED) is 0.294. The molecule has 0 fully saturated rings. The molecule has 1 heterocycles. The molecule has 1 aliphatic rings. The maximum absolute atomic E-state index is 13.1. The van der Waals surface area contributed by atoms with E-state index in [0.717, 1.165) is 4.90 Å². The molecule has 3 aromatic rings. The fraction of sp³-hybridized carbons (Fsp3) is 0. The smallest absolute Gasteiger partial charge is 0.268 e. The van der Waals surface area contributed by atoms with Gasteiger partial charge >= 0.3 is 0 Å². The number of rotatable bonds is 2. The van der Waals surface area contributed by atoms with Crippen LogP contribution in [-0.4, -0.2) is 16.7 Å². The predicted molar refractivity (Wildman–Crippen MR) is 104 cm³/mol. The highest BCUT2D eigenvalue weighted by molar-refractivity contribution is 9.11. The second-order valence-electron chi connectivity index (χ2n) is 5.64. The third-order valence-electron chi connectivity index (χ3n) is 4.23. The van der Waals surface area contributed by atoms with Gasteiger partial charge in [-0.25, -0.2) is 4.90 Å². The molecule has 0 aromatic heterocycles. The molecule has 2 amide bonds. The standard InChI is InChI=1S/C18H8Br2N2O4/c19-12-6-1-2-7-13(12)21-17(23)10-5-3-4-9-15(10)11(18(21)24)8-14(16(9)20)22(25)26/h1-8H. The topological polar surface area (TPSA) is 80.5 Å². The maximum Gasteiger partial charge on any atom is 0.284 e. The van der Waals surface area contributed by atoms with Gasteiger partial charge in [0, 0.05) is 26.9 Å². The van der Waals surface area contributed by atoms with E-state index in [-0.39, 0.29) is 15.7 Å². The van der Waals surface area contributed by atoms with E-state index in [9.17, 15) is 19.7 Å². The Bertz CT molecular complexity index is 1140. The number of nitro groups is 1. The van der Waals surface area contributed by atoms with Gasteiger partial charge in [-0.05, 0) is 50.1 Å². The van der Waals surface area contributed by atoms with E-state index >= 15 is 0 Å². The number of amides is 2. The van der Waals surface area contributed by atoms with E-state index in [0.29, 0.717) is 26.5 Å². The fourth-order valence-corrected chi connectivity index (χ4v) is 4.15. The van der Waals surface area contributed by atoms with Gasteiger partial charge in [-0.3, -0.25) is 19.7 Å². The van der Waals surface area contributed by atoms with Crippen LogP contribution < -0.4 is 4.90 Å². The lowest BCUT2D eigenvalue weighted by Crippen LogP contribution is -2.40. The summed E-state index contributed by atoms with van der Waals surface area (Å²) in [5.41, 5.74) is 0.611. The number of nitrogens with zero attached hydrogens (tertiary/aromatic N) is 2. The Balaban J connectivity index is 2.07. The normalized spacial score (nSPS) is 13.4. The van der Waals surface area contributed by atoms with Gasteiger partial charge in [0.15, 0.2) is 0 Å². The van der Waals surface area contributed by atoms with Crippen LogP contribution in [0.15, 0.2) is 57.5 Å². The number of imide groups is 1. The minimum Gasteiger partial charge on any atom is -0.268 e. The maximum atomic E-state index is 13.1. The predicted octanol–water partition coefficient (Wildman–Crippen LogP) is 5.07. The van der Waals surface area contributed by atoms with Crippen LogP contribution in [0.3, 0.4) is 0 Å². The SMILES string of the molecule is O=C1c2cccc3c(Br)c([N+](=O)[O-])cc(c23)C(=O)N1c1ccccc1Br. The molecule has 0 unspecified atom stereocenters. The molecule has 1 aliphatic heterocycles. The Labute approximate surface area is 163 Å². The Morgan fingerprint density at radius 3 is 2.31 bits per heavy atom. The molecule has 6 nitrogen and oxygen atoms in total. The average Bonchev–Trinajstić information content (AvgIpc) is 2.62. The van der Waals surface area contributed by atoms with Crippen molar-refractivity contribution >= 4 is 65.8 Å². The summed E-state index contributed by atoms with van der Waals surface area (Å²) in [7, 11) is 0. The summed E-state index contributed by atoms with van der Waals surface area (Å²) in [5.74, 6) is -1.07. The second-order valence-corrected chi connectivity index (χ2v) is 7.29. The van der Waals surface area contributed by atoms with E-state index in [1.54, 1.807) is 42.5 Å². The highest BCUT2D eigenvalue weighted by Gasteiger charge is 2.37. The molecule has 0 spiro atoms. The molecule has 0 radical (unpaired) electrons. The Morgan fingerprint density at radius 1 is 0.923 bits per heavy atom. The van der Waals surface area contributed by atoms with Gasteiger partial charge < -0.3 is 0 Å². The van der Waals surface area contributed by atoms with Gasteiger partial charge in [0.2, 0.25) is 0 Å². The number of carbonyl (C=O) groups is 2. The van der Waals surface area contributed by atoms with E-state index < -0.39 is 16.7 Å². The molecule has 0 saturated carbocycles. The summed E-state index contributed by atoms with van der Waals surface area (Å²) in [5, 5.41) is 12.3. The van der Waals surface area contributed by atoms with Crippen LogP contribution in [0.25, 0.3) is 10.8 Å². The number of halogens is 2. The third-order valence-corrected chi connectivity index (χ3v) is 5.74. The van der Waals surface area contributed by atoms with E-state index in [1.165, 1.54) is 6.07 Å². The van der Waals surface area contributed by atoms with Crippen molar-refractivity contribution in [3.63, 3.8) is 0 Å². The van der Waals surface area contributed by atoms with Crippen molar-refractivity contribution in [2.24, 2.45) is 0 Å². The molecular formula is C18H8Br2N2O4. The van der Waals surface area contributed by atoms with Crippen molar-refractivity contribution in [2.75, 3.05) is 4.90 Å². The summed E-state index contributed by atoms with van der Waals surface area (Å²) in [6.45, 7) is 0. The minimum absolute atomic E-state index is 0.126. The first kappa shape index (κ1) is 16.9. The van der Waals surface area contributed by atoms with Gasteiger partial charge in [-0.1, -0.05) is 24.3 Å². The summed E-state index contributed by atoms with van der Waals surface area (Å²) >= 11 is 6.58. The zero-order chi connectivity index (χ0) is 18.6. The molecule has 3 aromatic carbocycles. The van der Waals surface area contributed by atoms with E-state index in [1.807, 2.05) is 0 Å². The van der Waals surface area contributed by atoms with Crippen molar-refractivity contribution < 1.29 is 14.5 Å². The zero-order valence-electron chi connectivity index (χ0n) is 12.9. The molecular weight excluding hydrogens is 468 g/mol. The number of hydrogen-bond donors (Lipinski definition) is 0. The van der Waals surface area contributed by atoms with Crippen molar-refractivity contribution in [3.8, 4) is 0 Å². The monoisotopic (exact) mass is 474 g/mol. The highest BCUT2D eigenvalue weighted by Crippen LogP contribution is 2.41. The van der Waals surface area contributed by atoms with Crippen molar-refractivity contribution in [1.29, 1.82) is 0 Å². The summed E-state index contributed by atoms with van der Waals surface area (Å²) in [6.07, 6.45) is 0.